The van der Waals surface area contributed by atoms with E-state index in [1.54, 1.807) is 0 Å². The van der Waals surface area contributed by atoms with E-state index in [1.165, 1.54) is 65.0 Å². The molecule has 0 N–H and O–H groups in total. The smallest absolute Gasteiger partial charge is 0.0260 e. The summed E-state index contributed by atoms with van der Waals surface area (Å²) in [5, 5.41) is 5.38. The first kappa shape index (κ1) is 15.8. The minimum atomic E-state index is 1.18. The van der Waals surface area contributed by atoms with Crippen LogP contribution in [-0.2, 0) is 0 Å². The molecular formula is C25H19Br. The lowest BCUT2D eigenvalue weighted by atomic mass is 9.85. The summed E-state index contributed by atoms with van der Waals surface area (Å²) >= 11 is 3.78. The highest BCUT2D eigenvalue weighted by atomic mass is 79.9. The van der Waals surface area contributed by atoms with Gasteiger partial charge in [-0.1, -0.05) is 76.1 Å². The Labute approximate surface area is 162 Å². The van der Waals surface area contributed by atoms with Gasteiger partial charge in [0.15, 0.2) is 0 Å². The van der Waals surface area contributed by atoms with Gasteiger partial charge in [-0.05, 0) is 81.8 Å². The molecule has 0 amide bonds. The second-order valence-electron chi connectivity index (χ2n) is 7.33. The molecule has 4 aromatic carbocycles. The van der Waals surface area contributed by atoms with Crippen molar-refractivity contribution in [2.24, 2.45) is 0 Å². The number of aryl methyl sites for hydroxylation is 3. The standard InChI is InChI=1S/C25H19Br/c1-14-11-15(2)23(16(3)12-14)25-18-8-5-4-7-17(18)21-13-22(26)19-9-6-10-20(25)24(19)21/h4-13H,1-3H3. The quantitative estimate of drug-likeness (QED) is 0.287. The molecule has 0 aliphatic heterocycles. The zero-order valence-electron chi connectivity index (χ0n) is 15.2. The average Bonchev–Trinajstić information content (AvgIpc) is 2.95. The molecule has 0 unspecified atom stereocenters. The van der Waals surface area contributed by atoms with Crippen LogP contribution < -0.4 is 0 Å². The molecule has 0 nitrogen and oxygen atoms in total. The molecule has 0 aromatic heterocycles. The maximum Gasteiger partial charge on any atom is 0.0260 e. The van der Waals surface area contributed by atoms with Gasteiger partial charge >= 0.3 is 0 Å². The van der Waals surface area contributed by atoms with Gasteiger partial charge in [0, 0.05) is 4.48 Å². The van der Waals surface area contributed by atoms with E-state index >= 15 is 0 Å². The topological polar surface area (TPSA) is 0 Å². The maximum absolute atomic E-state index is 3.78. The predicted octanol–water partition coefficient (Wildman–Crippen LogP) is 7.79. The molecule has 0 fully saturated rings. The highest BCUT2D eigenvalue weighted by Gasteiger charge is 2.22. The minimum absolute atomic E-state index is 1.18. The normalized spacial score (nSPS) is 12.8. The largest absolute Gasteiger partial charge is 0.0616 e. The number of rotatable bonds is 1. The van der Waals surface area contributed by atoms with E-state index in [9.17, 15) is 0 Å². The molecule has 0 spiro atoms. The molecular weight excluding hydrogens is 380 g/mol. The first-order chi connectivity index (χ1) is 12.6. The van der Waals surface area contributed by atoms with E-state index in [1.807, 2.05) is 0 Å². The SMILES string of the molecule is Cc1cc(C)c(-c2c3ccccc3c3c4c(cccc24)C(Br)=C3)c(C)c1. The molecule has 0 saturated carbocycles. The van der Waals surface area contributed by atoms with Crippen LogP contribution in [0.15, 0.2) is 54.6 Å². The van der Waals surface area contributed by atoms with Crippen molar-refractivity contribution in [3.8, 4) is 11.1 Å². The minimum Gasteiger partial charge on any atom is -0.0616 e. The molecule has 0 saturated heterocycles. The van der Waals surface area contributed by atoms with Crippen LogP contribution in [0.3, 0.4) is 0 Å². The van der Waals surface area contributed by atoms with Crippen LogP contribution in [0.5, 0.6) is 0 Å². The maximum atomic E-state index is 3.78. The van der Waals surface area contributed by atoms with Crippen molar-refractivity contribution in [1.29, 1.82) is 0 Å². The van der Waals surface area contributed by atoms with Crippen molar-refractivity contribution in [3.05, 3.63) is 82.4 Å². The molecule has 4 aromatic rings. The van der Waals surface area contributed by atoms with E-state index in [2.05, 4.69) is 97.4 Å². The van der Waals surface area contributed by atoms with Crippen molar-refractivity contribution in [2.75, 3.05) is 0 Å². The Bertz CT molecular complexity index is 1240. The van der Waals surface area contributed by atoms with Crippen LogP contribution in [0.1, 0.15) is 27.8 Å². The molecule has 1 aliphatic rings. The number of halogens is 1. The molecule has 26 heavy (non-hydrogen) atoms. The molecule has 1 aliphatic carbocycles. The molecule has 5 rings (SSSR count). The Hall–Kier alpha value is -2.38. The van der Waals surface area contributed by atoms with Crippen LogP contribution in [0.25, 0.3) is 43.2 Å². The van der Waals surface area contributed by atoms with Crippen LogP contribution in [0, 0.1) is 20.8 Å². The van der Waals surface area contributed by atoms with E-state index in [-0.39, 0.29) is 0 Å². The van der Waals surface area contributed by atoms with Crippen molar-refractivity contribution in [3.63, 3.8) is 0 Å². The third kappa shape index (κ3) is 2.07. The number of hydrogen-bond acceptors (Lipinski definition) is 0. The lowest BCUT2D eigenvalue weighted by Crippen LogP contribution is -1.94. The third-order valence-corrected chi connectivity index (χ3v) is 6.20. The predicted molar refractivity (Wildman–Crippen MR) is 118 cm³/mol. The third-order valence-electron chi connectivity index (χ3n) is 5.55. The van der Waals surface area contributed by atoms with E-state index in [0.717, 1.165) is 0 Å². The molecule has 126 valence electrons. The fraction of sp³-hybridized carbons (Fsp3) is 0.120. The number of benzene rings is 4. The summed E-state index contributed by atoms with van der Waals surface area (Å²) in [5.74, 6) is 0. The second-order valence-corrected chi connectivity index (χ2v) is 8.18. The first-order valence-corrected chi connectivity index (χ1v) is 9.79. The number of hydrogen-bond donors (Lipinski definition) is 0. The van der Waals surface area contributed by atoms with Gasteiger partial charge in [-0.2, -0.15) is 0 Å². The fourth-order valence-corrected chi connectivity index (χ4v) is 5.22. The summed E-state index contributed by atoms with van der Waals surface area (Å²) in [7, 11) is 0. The van der Waals surface area contributed by atoms with Crippen LogP contribution in [0.2, 0.25) is 0 Å². The Kier molecular flexibility index (Phi) is 3.39. The van der Waals surface area contributed by atoms with Gasteiger partial charge in [0.1, 0.15) is 0 Å². The summed E-state index contributed by atoms with van der Waals surface area (Å²) in [6.07, 6.45) is 2.28. The lowest BCUT2D eigenvalue weighted by molar-refractivity contribution is 1.33. The van der Waals surface area contributed by atoms with Gasteiger partial charge in [-0.15, -0.1) is 0 Å². The molecule has 0 bridgehead atoms. The Balaban J connectivity index is 2.07. The van der Waals surface area contributed by atoms with Gasteiger partial charge in [-0.25, -0.2) is 0 Å². The molecule has 0 atom stereocenters. The van der Waals surface area contributed by atoms with E-state index in [4.69, 9.17) is 0 Å². The molecule has 1 heteroatoms. The molecule has 0 radical (unpaired) electrons. The van der Waals surface area contributed by atoms with Crippen molar-refractivity contribution >= 4 is 48.0 Å². The zero-order valence-corrected chi connectivity index (χ0v) is 16.7. The highest BCUT2D eigenvalue weighted by Crippen LogP contribution is 2.48. The number of fused-ring (bicyclic) bond motifs is 2. The van der Waals surface area contributed by atoms with Crippen LogP contribution in [0.4, 0.5) is 0 Å². The average molecular weight is 399 g/mol. The lowest BCUT2D eigenvalue weighted by Gasteiger charge is -2.19. The zero-order chi connectivity index (χ0) is 18.0. The van der Waals surface area contributed by atoms with E-state index in [0.29, 0.717) is 0 Å². The monoisotopic (exact) mass is 398 g/mol. The highest BCUT2D eigenvalue weighted by molar-refractivity contribution is 9.15. The summed E-state index contributed by atoms with van der Waals surface area (Å²) in [4.78, 5) is 0. The van der Waals surface area contributed by atoms with E-state index < -0.39 is 0 Å². The fourth-order valence-electron chi connectivity index (χ4n) is 4.66. The van der Waals surface area contributed by atoms with Gasteiger partial charge in [0.25, 0.3) is 0 Å². The van der Waals surface area contributed by atoms with Gasteiger partial charge in [-0.3, -0.25) is 0 Å². The van der Waals surface area contributed by atoms with Crippen molar-refractivity contribution < 1.29 is 0 Å². The Morgan fingerprint density at radius 2 is 1.35 bits per heavy atom. The van der Waals surface area contributed by atoms with Crippen molar-refractivity contribution in [1.82, 2.24) is 0 Å². The van der Waals surface area contributed by atoms with Crippen molar-refractivity contribution in [2.45, 2.75) is 20.8 Å². The van der Waals surface area contributed by atoms with Crippen LogP contribution in [-0.4, -0.2) is 0 Å². The Morgan fingerprint density at radius 3 is 2.08 bits per heavy atom. The van der Waals surface area contributed by atoms with Gasteiger partial charge < -0.3 is 0 Å². The summed E-state index contributed by atoms with van der Waals surface area (Å²) in [5.41, 5.74) is 9.39. The summed E-state index contributed by atoms with van der Waals surface area (Å²) in [6, 6.07) is 20.1. The Morgan fingerprint density at radius 1 is 0.692 bits per heavy atom. The van der Waals surface area contributed by atoms with Gasteiger partial charge in [0.05, 0.1) is 0 Å². The molecule has 0 heterocycles. The van der Waals surface area contributed by atoms with Gasteiger partial charge in [0.2, 0.25) is 0 Å². The second kappa shape index (κ2) is 5.56. The first-order valence-electron chi connectivity index (χ1n) is 8.99. The van der Waals surface area contributed by atoms with Crippen LogP contribution >= 0.6 is 15.9 Å². The summed E-state index contributed by atoms with van der Waals surface area (Å²) in [6.45, 7) is 6.65. The summed E-state index contributed by atoms with van der Waals surface area (Å²) < 4.78 is 1.18.